The number of carbonyl (C=O) groups excluding carboxylic acids is 2. The molecular formula is C28H25N3O2S. The van der Waals surface area contributed by atoms with Crippen molar-refractivity contribution in [2.75, 3.05) is 5.32 Å². The second-order valence-corrected chi connectivity index (χ2v) is 11.4. The molecule has 2 aliphatic rings. The van der Waals surface area contributed by atoms with Crippen LogP contribution in [0.4, 0.5) is 11.5 Å². The van der Waals surface area contributed by atoms with Crippen molar-refractivity contribution in [3.63, 3.8) is 0 Å². The van der Waals surface area contributed by atoms with Crippen LogP contribution in [0.25, 0.3) is 10.2 Å². The highest BCUT2D eigenvalue weighted by atomic mass is 32.1. The summed E-state index contributed by atoms with van der Waals surface area (Å²) in [6.07, 6.45) is 4.77. The number of benzene rings is 2. The molecule has 0 amide bonds. The summed E-state index contributed by atoms with van der Waals surface area (Å²) in [6.45, 7) is 6.95. The van der Waals surface area contributed by atoms with E-state index in [9.17, 15) is 9.59 Å². The van der Waals surface area contributed by atoms with Crippen LogP contribution in [0.15, 0.2) is 48.8 Å². The van der Waals surface area contributed by atoms with Crippen LogP contribution >= 0.6 is 11.3 Å². The van der Waals surface area contributed by atoms with Crippen LogP contribution in [0.2, 0.25) is 0 Å². The van der Waals surface area contributed by atoms with E-state index in [4.69, 9.17) is 0 Å². The highest BCUT2D eigenvalue weighted by Crippen LogP contribution is 2.45. The third kappa shape index (κ3) is 3.20. The number of aromatic nitrogens is 2. The Hall–Kier alpha value is -3.38. The Labute approximate surface area is 202 Å². The number of anilines is 2. The van der Waals surface area contributed by atoms with Gasteiger partial charge in [0.2, 0.25) is 0 Å². The normalized spacial score (nSPS) is 17.3. The summed E-state index contributed by atoms with van der Waals surface area (Å²) in [7, 11) is 0. The number of nitrogens with zero attached hydrogens (tertiary/aromatic N) is 2. The average molecular weight is 468 g/mol. The van der Waals surface area contributed by atoms with Crippen molar-refractivity contribution < 1.29 is 9.59 Å². The Kier molecular flexibility index (Phi) is 4.71. The van der Waals surface area contributed by atoms with Gasteiger partial charge in [0.15, 0.2) is 11.6 Å². The molecule has 4 aromatic rings. The molecule has 34 heavy (non-hydrogen) atoms. The van der Waals surface area contributed by atoms with E-state index >= 15 is 0 Å². The molecule has 0 bridgehead atoms. The van der Waals surface area contributed by atoms with E-state index in [0.29, 0.717) is 39.7 Å². The van der Waals surface area contributed by atoms with Crippen LogP contribution in [-0.2, 0) is 12.8 Å². The maximum atomic E-state index is 13.4. The second kappa shape index (κ2) is 7.57. The standard InChI is InChI=1S/C28H25N3O2S/c1-28(2,3)15-11-12-18-21(13-15)34-27-23(18)26(29-14-30-27)31-20-10-6-9-19-22(20)25(33)17-8-5-4-7-16(17)24(19)32/h4-10,14-15H,11-13H2,1-3H3,(H,29,30,31). The first kappa shape index (κ1) is 21.2. The van der Waals surface area contributed by atoms with Crippen molar-refractivity contribution in [2.24, 2.45) is 11.3 Å². The fraction of sp³-hybridized carbons (Fsp3) is 0.286. The first-order chi connectivity index (χ1) is 16.3. The van der Waals surface area contributed by atoms with E-state index in [1.165, 1.54) is 10.4 Å². The summed E-state index contributed by atoms with van der Waals surface area (Å²) in [5.41, 5.74) is 3.95. The van der Waals surface area contributed by atoms with Crippen LogP contribution in [-0.4, -0.2) is 21.5 Å². The molecule has 5 nitrogen and oxygen atoms in total. The van der Waals surface area contributed by atoms with Crippen LogP contribution < -0.4 is 5.32 Å². The zero-order valence-electron chi connectivity index (χ0n) is 19.4. The molecule has 0 fully saturated rings. The van der Waals surface area contributed by atoms with Gasteiger partial charge in [-0.15, -0.1) is 11.3 Å². The van der Waals surface area contributed by atoms with Gasteiger partial charge < -0.3 is 5.32 Å². The highest BCUT2D eigenvalue weighted by Gasteiger charge is 2.33. The molecule has 6 rings (SSSR count). The van der Waals surface area contributed by atoms with E-state index in [1.54, 1.807) is 48.0 Å². The second-order valence-electron chi connectivity index (χ2n) is 10.3. The molecule has 2 aromatic heterocycles. The van der Waals surface area contributed by atoms with E-state index < -0.39 is 0 Å². The Balaban J connectivity index is 1.44. The van der Waals surface area contributed by atoms with Gasteiger partial charge in [0, 0.05) is 21.6 Å². The van der Waals surface area contributed by atoms with Crippen LogP contribution in [0, 0.1) is 11.3 Å². The van der Waals surface area contributed by atoms with Crippen LogP contribution in [0.1, 0.15) is 69.5 Å². The van der Waals surface area contributed by atoms with Crippen molar-refractivity contribution in [1.29, 1.82) is 0 Å². The van der Waals surface area contributed by atoms with Gasteiger partial charge >= 0.3 is 0 Å². The lowest BCUT2D eigenvalue weighted by Gasteiger charge is -2.33. The molecule has 2 heterocycles. The summed E-state index contributed by atoms with van der Waals surface area (Å²) >= 11 is 1.75. The Morgan fingerprint density at radius 3 is 2.44 bits per heavy atom. The number of carbonyl (C=O) groups is 2. The quantitative estimate of drug-likeness (QED) is 0.327. The predicted octanol–water partition coefficient (Wildman–Crippen LogP) is 6.36. The first-order valence-corrected chi connectivity index (χ1v) is 12.5. The molecule has 6 heteroatoms. The SMILES string of the molecule is CC(C)(C)C1CCc2c(sc3ncnc(Nc4cccc5c4C(=O)c4ccccc4C5=O)c23)C1. The molecule has 2 aromatic carbocycles. The number of hydrogen-bond acceptors (Lipinski definition) is 6. The minimum absolute atomic E-state index is 0.122. The summed E-state index contributed by atoms with van der Waals surface area (Å²) in [4.78, 5) is 38.0. The van der Waals surface area contributed by atoms with E-state index in [-0.39, 0.29) is 17.0 Å². The molecule has 1 unspecified atom stereocenters. The van der Waals surface area contributed by atoms with Gasteiger partial charge in [-0.05, 0) is 42.2 Å². The van der Waals surface area contributed by atoms with Gasteiger partial charge in [-0.2, -0.15) is 0 Å². The predicted molar refractivity (Wildman–Crippen MR) is 135 cm³/mol. The summed E-state index contributed by atoms with van der Waals surface area (Å²) in [5, 5.41) is 4.46. The third-order valence-electron chi connectivity index (χ3n) is 7.28. The minimum atomic E-state index is -0.140. The number of rotatable bonds is 2. The minimum Gasteiger partial charge on any atom is -0.339 e. The molecule has 0 saturated heterocycles. The fourth-order valence-electron chi connectivity index (χ4n) is 5.32. The Morgan fingerprint density at radius 1 is 0.941 bits per heavy atom. The molecule has 1 N–H and O–H groups in total. The van der Waals surface area contributed by atoms with E-state index in [1.807, 2.05) is 12.1 Å². The van der Waals surface area contributed by atoms with Crippen LogP contribution in [0.5, 0.6) is 0 Å². The lowest BCUT2D eigenvalue weighted by molar-refractivity contribution is 0.0979. The molecule has 2 aliphatic carbocycles. The summed E-state index contributed by atoms with van der Waals surface area (Å²) < 4.78 is 0. The van der Waals surface area contributed by atoms with Gasteiger partial charge in [-0.25, -0.2) is 9.97 Å². The molecular weight excluding hydrogens is 442 g/mol. The lowest BCUT2D eigenvalue weighted by atomic mass is 9.72. The molecule has 0 aliphatic heterocycles. The van der Waals surface area contributed by atoms with Gasteiger partial charge in [0.05, 0.1) is 16.6 Å². The largest absolute Gasteiger partial charge is 0.339 e. The van der Waals surface area contributed by atoms with Crippen molar-refractivity contribution in [1.82, 2.24) is 9.97 Å². The average Bonchev–Trinajstić information content (AvgIpc) is 3.21. The summed E-state index contributed by atoms with van der Waals surface area (Å²) in [5.74, 6) is 1.08. The van der Waals surface area contributed by atoms with E-state index in [0.717, 1.165) is 29.5 Å². The van der Waals surface area contributed by atoms with Gasteiger partial charge in [0.1, 0.15) is 17.0 Å². The number of thiophene rings is 1. The molecule has 1 atom stereocenters. The van der Waals surface area contributed by atoms with Gasteiger partial charge in [-0.3, -0.25) is 9.59 Å². The number of hydrogen-bond donors (Lipinski definition) is 1. The Bertz CT molecular complexity index is 1500. The maximum Gasteiger partial charge on any atom is 0.196 e. The molecule has 0 saturated carbocycles. The van der Waals surface area contributed by atoms with Gasteiger partial charge in [0.25, 0.3) is 0 Å². The fourth-order valence-corrected chi connectivity index (χ4v) is 6.59. The Morgan fingerprint density at radius 2 is 1.68 bits per heavy atom. The molecule has 0 radical (unpaired) electrons. The summed E-state index contributed by atoms with van der Waals surface area (Å²) in [6, 6.07) is 12.4. The molecule has 0 spiro atoms. The van der Waals surface area contributed by atoms with Crippen molar-refractivity contribution in [3.8, 4) is 0 Å². The van der Waals surface area contributed by atoms with Gasteiger partial charge in [-0.1, -0.05) is 57.2 Å². The highest BCUT2D eigenvalue weighted by molar-refractivity contribution is 7.19. The van der Waals surface area contributed by atoms with Crippen molar-refractivity contribution in [3.05, 3.63) is 81.5 Å². The van der Waals surface area contributed by atoms with Crippen molar-refractivity contribution in [2.45, 2.75) is 40.0 Å². The topological polar surface area (TPSA) is 72.0 Å². The maximum absolute atomic E-state index is 13.4. The van der Waals surface area contributed by atoms with E-state index in [2.05, 4.69) is 36.1 Å². The van der Waals surface area contributed by atoms with Crippen molar-refractivity contribution >= 4 is 44.6 Å². The lowest BCUT2D eigenvalue weighted by Crippen LogP contribution is -2.26. The number of fused-ring (bicyclic) bond motifs is 5. The number of aryl methyl sites for hydroxylation is 1. The monoisotopic (exact) mass is 467 g/mol. The smallest absolute Gasteiger partial charge is 0.196 e. The first-order valence-electron chi connectivity index (χ1n) is 11.7. The zero-order valence-corrected chi connectivity index (χ0v) is 20.3. The number of ketones is 2. The third-order valence-corrected chi connectivity index (χ3v) is 8.44. The van der Waals surface area contributed by atoms with Crippen LogP contribution in [0.3, 0.4) is 0 Å². The zero-order chi connectivity index (χ0) is 23.6. The number of nitrogens with one attached hydrogen (secondary N) is 1. The molecule has 170 valence electrons.